The summed E-state index contributed by atoms with van der Waals surface area (Å²) in [6.07, 6.45) is 2.83. The fourth-order valence-corrected chi connectivity index (χ4v) is 2.53. The van der Waals surface area contributed by atoms with E-state index in [1.807, 2.05) is 6.92 Å². The summed E-state index contributed by atoms with van der Waals surface area (Å²) in [6.45, 7) is 4.08. The van der Waals surface area contributed by atoms with Crippen molar-refractivity contribution in [2.24, 2.45) is 16.6 Å². The van der Waals surface area contributed by atoms with Crippen molar-refractivity contribution in [3.63, 3.8) is 0 Å². The number of hydrazine groups is 1. The Bertz CT molecular complexity index is 1010. The zero-order valence-corrected chi connectivity index (χ0v) is 16.8. The molecule has 0 saturated carbocycles. The van der Waals surface area contributed by atoms with Crippen LogP contribution < -0.4 is 33.0 Å². The summed E-state index contributed by atoms with van der Waals surface area (Å²) in [5.74, 6) is 5.68. The summed E-state index contributed by atoms with van der Waals surface area (Å²) in [5, 5.41) is 0. The normalized spacial score (nSPS) is 11.5. The number of benzene rings is 1. The van der Waals surface area contributed by atoms with Crippen molar-refractivity contribution >= 4 is 29.3 Å². The third kappa shape index (κ3) is 5.35. The van der Waals surface area contributed by atoms with Crippen LogP contribution >= 0.6 is 0 Å². The molecule has 0 bridgehead atoms. The van der Waals surface area contributed by atoms with E-state index in [1.165, 1.54) is 12.4 Å². The average molecular weight is 415 g/mol. The molecule has 2 aromatic rings. The molecule has 30 heavy (non-hydrogen) atoms. The lowest BCUT2D eigenvalue weighted by molar-refractivity contribution is -0.141. The van der Waals surface area contributed by atoms with Crippen molar-refractivity contribution < 1.29 is 14.3 Å². The number of carbonyl (C=O) groups excluding carboxylic acids is 1. The Morgan fingerprint density at radius 3 is 2.73 bits per heavy atom. The maximum Gasteiger partial charge on any atom is 0.327 e. The van der Waals surface area contributed by atoms with E-state index in [1.54, 1.807) is 25.1 Å². The van der Waals surface area contributed by atoms with Crippen molar-refractivity contribution in [2.75, 3.05) is 30.9 Å². The van der Waals surface area contributed by atoms with Gasteiger partial charge in [-0.1, -0.05) is 6.07 Å². The first-order valence-electron chi connectivity index (χ1n) is 9.16. The van der Waals surface area contributed by atoms with Crippen LogP contribution in [0.15, 0.2) is 34.2 Å². The summed E-state index contributed by atoms with van der Waals surface area (Å²) in [6, 6.07) is 5.18. The second-order valence-electron chi connectivity index (χ2n) is 5.86. The molecule has 1 aromatic heterocycles. The van der Waals surface area contributed by atoms with Crippen LogP contribution in [0.25, 0.3) is 17.0 Å². The number of aromatic nitrogens is 2. The molecule has 2 rings (SSSR count). The molecule has 0 aliphatic heterocycles. The minimum absolute atomic E-state index is 0.0499. The van der Waals surface area contributed by atoms with Crippen molar-refractivity contribution in [3.8, 4) is 17.1 Å². The molecule has 8 N–H and O–H groups in total. The van der Waals surface area contributed by atoms with Gasteiger partial charge in [0.1, 0.15) is 23.8 Å². The number of hydrogen-bond donors (Lipinski definition) is 5. The van der Waals surface area contributed by atoms with Crippen LogP contribution in [0.1, 0.15) is 19.4 Å². The standard InChI is InChI=1S/C19H25N7O4/c1-3-29-14-7-11(12(8-20)9-23-10-15(27)30-4-2)5-6-13(14)17-24-18(26-22)16(21)19(28)25-17/h5-9H,3-4,10,20-22H2,1-2H3,(H2,24,25,26,28)/b12-8+,23-9?. The molecule has 0 radical (unpaired) electrons. The monoisotopic (exact) mass is 415 g/mol. The molecule has 160 valence electrons. The average Bonchev–Trinajstić information content (AvgIpc) is 2.73. The molecule has 11 heteroatoms. The Morgan fingerprint density at radius 2 is 2.10 bits per heavy atom. The van der Waals surface area contributed by atoms with Gasteiger partial charge < -0.3 is 31.4 Å². The van der Waals surface area contributed by atoms with Crippen LogP contribution in [0.2, 0.25) is 0 Å². The number of aromatic amines is 1. The zero-order valence-electron chi connectivity index (χ0n) is 16.8. The third-order valence-corrected chi connectivity index (χ3v) is 3.90. The molecular weight excluding hydrogens is 390 g/mol. The highest BCUT2D eigenvalue weighted by Gasteiger charge is 2.15. The zero-order chi connectivity index (χ0) is 22.1. The highest BCUT2D eigenvalue weighted by Crippen LogP contribution is 2.31. The number of esters is 1. The molecule has 0 aliphatic carbocycles. The van der Waals surface area contributed by atoms with Gasteiger partial charge in [-0.15, -0.1) is 0 Å². The molecule has 0 amide bonds. The first kappa shape index (κ1) is 22.4. The fourth-order valence-electron chi connectivity index (χ4n) is 2.53. The van der Waals surface area contributed by atoms with Gasteiger partial charge in [0, 0.05) is 18.0 Å². The van der Waals surface area contributed by atoms with E-state index in [2.05, 4.69) is 20.4 Å². The fraction of sp³-hybridized carbons (Fsp3) is 0.263. The molecule has 0 saturated heterocycles. The summed E-state index contributed by atoms with van der Waals surface area (Å²) >= 11 is 0. The van der Waals surface area contributed by atoms with Crippen molar-refractivity contribution in [2.45, 2.75) is 13.8 Å². The van der Waals surface area contributed by atoms with E-state index in [4.69, 9.17) is 26.8 Å². The molecule has 0 fully saturated rings. The lowest BCUT2D eigenvalue weighted by Gasteiger charge is -2.13. The number of nitrogens with one attached hydrogen (secondary N) is 2. The Labute approximate surface area is 173 Å². The number of H-pyrrole nitrogens is 1. The number of aliphatic imine (C=N–C) groups is 1. The molecular formula is C19H25N7O4. The Kier molecular flexibility index (Phi) is 7.94. The largest absolute Gasteiger partial charge is 0.493 e. The number of ether oxygens (including phenoxy) is 2. The maximum absolute atomic E-state index is 12.1. The first-order valence-corrected chi connectivity index (χ1v) is 9.16. The number of hydrogen-bond acceptors (Lipinski definition) is 10. The minimum atomic E-state index is -0.534. The predicted molar refractivity (Wildman–Crippen MR) is 116 cm³/mol. The Morgan fingerprint density at radius 1 is 1.33 bits per heavy atom. The van der Waals surface area contributed by atoms with E-state index in [0.29, 0.717) is 29.1 Å². The lowest BCUT2D eigenvalue weighted by atomic mass is 10.0. The topological polar surface area (TPSA) is 184 Å². The first-order chi connectivity index (χ1) is 14.4. The number of nitrogens with zero attached hydrogens (tertiary/aromatic N) is 2. The van der Waals surface area contributed by atoms with Crippen molar-refractivity contribution in [1.82, 2.24) is 9.97 Å². The quantitative estimate of drug-likeness (QED) is 0.170. The minimum Gasteiger partial charge on any atom is -0.493 e. The molecule has 1 aromatic carbocycles. The van der Waals surface area contributed by atoms with Crippen LogP contribution in [0.3, 0.4) is 0 Å². The maximum atomic E-state index is 12.1. The number of carbonyl (C=O) groups is 1. The third-order valence-electron chi connectivity index (χ3n) is 3.90. The SMILES string of the molecule is CCOC(=O)CN=C/C(=C\N)c1ccc(-c2nc(NN)c(N)c(=O)[nH]2)c(OCC)c1. The van der Waals surface area contributed by atoms with Crippen LogP contribution in [0.4, 0.5) is 11.5 Å². The molecule has 1 heterocycles. The van der Waals surface area contributed by atoms with Gasteiger partial charge in [-0.05, 0) is 31.5 Å². The predicted octanol–water partition coefficient (Wildman–Crippen LogP) is 0.637. The number of nitrogens with two attached hydrogens (primary N) is 3. The Balaban J connectivity index is 2.41. The van der Waals surface area contributed by atoms with Crippen LogP contribution in [-0.4, -0.2) is 41.9 Å². The summed E-state index contributed by atoms with van der Waals surface area (Å²) in [7, 11) is 0. The smallest absolute Gasteiger partial charge is 0.327 e. The van der Waals surface area contributed by atoms with Gasteiger partial charge in [0.25, 0.3) is 5.56 Å². The number of rotatable bonds is 9. The second-order valence-corrected chi connectivity index (χ2v) is 5.86. The van der Waals surface area contributed by atoms with Gasteiger partial charge in [0.05, 0.1) is 18.8 Å². The van der Waals surface area contributed by atoms with E-state index in [9.17, 15) is 9.59 Å². The van der Waals surface area contributed by atoms with Gasteiger partial charge in [-0.3, -0.25) is 14.6 Å². The van der Waals surface area contributed by atoms with E-state index < -0.39 is 11.5 Å². The van der Waals surface area contributed by atoms with Gasteiger partial charge in [-0.2, -0.15) is 0 Å². The van der Waals surface area contributed by atoms with Crippen LogP contribution in [0.5, 0.6) is 5.75 Å². The van der Waals surface area contributed by atoms with E-state index in [0.717, 1.165) is 0 Å². The van der Waals surface area contributed by atoms with Crippen LogP contribution in [0, 0.1) is 0 Å². The number of allylic oxidation sites excluding steroid dienone is 1. The lowest BCUT2D eigenvalue weighted by Crippen LogP contribution is -2.20. The van der Waals surface area contributed by atoms with Gasteiger partial charge in [0.2, 0.25) is 0 Å². The van der Waals surface area contributed by atoms with Crippen molar-refractivity contribution in [1.29, 1.82) is 0 Å². The Hall–Kier alpha value is -3.86. The summed E-state index contributed by atoms with van der Waals surface area (Å²) in [4.78, 5) is 34.4. The van der Waals surface area contributed by atoms with Gasteiger partial charge >= 0.3 is 5.97 Å². The van der Waals surface area contributed by atoms with Crippen LogP contribution in [-0.2, 0) is 9.53 Å². The summed E-state index contributed by atoms with van der Waals surface area (Å²) < 4.78 is 10.5. The highest BCUT2D eigenvalue weighted by molar-refractivity contribution is 6.10. The summed E-state index contributed by atoms with van der Waals surface area (Å²) in [5.41, 5.74) is 14.8. The molecule has 0 atom stereocenters. The second kappa shape index (κ2) is 10.6. The van der Waals surface area contributed by atoms with Gasteiger partial charge in [-0.25, -0.2) is 10.8 Å². The van der Waals surface area contributed by atoms with E-state index >= 15 is 0 Å². The number of anilines is 2. The molecule has 11 nitrogen and oxygen atoms in total. The molecule has 0 unspecified atom stereocenters. The van der Waals surface area contributed by atoms with Crippen molar-refractivity contribution in [3.05, 3.63) is 40.3 Å². The number of nitrogen functional groups attached to an aromatic ring is 2. The van der Waals surface area contributed by atoms with E-state index in [-0.39, 0.29) is 30.5 Å². The molecule has 0 spiro atoms. The molecule has 0 aliphatic rings. The highest BCUT2D eigenvalue weighted by atomic mass is 16.5. The van der Waals surface area contributed by atoms with Gasteiger partial charge in [0.15, 0.2) is 5.82 Å².